The smallest absolute Gasteiger partial charge is 0.142 e. The molecule has 0 aliphatic carbocycles. The van der Waals surface area contributed by atoms with Gasteiger partial charge >= 0.3 is 0 Å². The molecule has 0 aliphatic heterocycles. The van der Waals surface area contributed by atoms with Gasteiger partial charge in [0.1, 0.15) is 11.5 Å². The van der Waals surface area contributed by atoms with Crippen molar-refractivity contribution < 1.29 is 10.2 Å². The van der Waals surface area contributed by atoms with Crippen LogP contribution in [-0.2, 0) is 5.41 Å². The third-order valence-electron chi connectivity index (χ3n) is 4.06. The topological polar surface area (TPSA) is 40.5 Å². The van der Waals surface area contributed by atoms with Gasteiger partial charge in [-0.1, -0.05) is 20.3 Å². The highest BCUT2D eigenvalue weighted by atomic mass is 127. The Morgan fingerprint density at radius 1 is 0.783 bits per heavy atom. The van der Waals surface area contributed by atoms with Crippen molar-refractivity contribution in [1.29, 1.82) is 0 Å². The summed E-state index contributed by atoms with van der Waals surface area (Å²) < 4.78 is 3.48. The van der Waals surface area contributed by atoms with Crippen LogP contribution in [0.2, 0.25) is 0 Å². The molecule has 2 N–H and O–H groups in total. The zero-order valence-corrected chi connectivity index (χ0v) is 21.3. The highest BCUT2D eigenvalue weighted by Crippen LogP contribution is 2.42. The fourth-order valence-corrected chi connectivity index (χ4v) is 6.26. The van der Waals surface area contributed by atoms with E-state index in [2.05, 4.69) is 128 Å². The molecule has 2 aromatic carbocycles. The first kappa shape index (κ1) is 20.3. The van der Waals surface area contributed by atoms with Gasteiger partial charge in [0.2, 0.25) is 0 Å². The molecule has 0 aliphatic rings. The predicted octanol–water partition coefficient (Wildman–Crippen LogP) is 6.62. The third kappa shape index (κ3) is 4.21. The van der Waals surface area contributed by atoms with E-state index in [0.29, 0.717) is 11.5 Å². The van der Waals surface area contributed by atoms with Crippen LogP contribution < -0.4 is 0 Å². The molecule has 0 fully saturated rings. The number of phenolic OH excluding ortho intramolecular Hbond substituents is 2. The van der Waals surface area contributed by atoms with Gasteiger partial charge in [0.25, 0.3) is 0 Å². The summed E-state index contributed by atoms with van der Waals surface area (Å²) in [5, 5.41) is 20.1. The zero-order valence-electron chi connectivity index (χ0n) is 12.6. The number of benzene rings is 2. The van der Waals surface area contributed by atoms with Crippen molar-refractivity contribution in [2.75, 3.05) is 0 Å². The molecular weight excluding hydrogens is 744 g/mol. The second-order valence-corrected chi connectivity index (χ2v) is 10.3. The maximum atomic E-state index is 10.1. The van der Waals surface area contributed by atoms with Crippen LogP contribution in [0, 0.1) is 14.3 Å². The standard InChI is InChI=1S/C17H16I4O2/c1-3-4-17(2,9-5-11(18)15(22)12(19)6-9)10-7-13(20)16(23)14(21)8-10/h5-8,22-23H,3-4H2,1-2H3. The number of hydrogen-bond donors (Lipinski definition) is 2. The van der Waals surface area contributed by atoms with E-state index in [4.69, 9.17) is 0 Å². The van der Waals surface area contributed by atoms with Gasteiger partial charge in [0.05, 0.1) is 14.3 Å². The summed E-state index contributed by atoms with van der Waals surface area (Å²) in [6, 6.07) is 8.28. The lowest BCUT2D eigenvalue weighted by Gasteiger charge is -2.32. The lowest BCUT2D eigenvalue weighted by Crippen LogP contribution is -2.24. The van der Waals surface area contributed by atoms with Crippen LogP contribution in [0.1, 0.15) is 37.8 Å². The fraction of sp³-hybridized carbons (Fsp3) is 0.294. The molecule has 23 heavy (non-hydrogen) atoms. The lowest BCUT2D eigenvalue weighted by molar-refractivity contribution is 0.461. The molecule has 0 saturated heterocycles. The van der Waals surface area contributed by atoms with Crippen molar-refractivity contribution in [3.8, 4) is 11.5 Å². The average Bonchev–Trinajstić information content (AvgIpc) is 2.49. The van der Waals surface area contributed by atoms with Gasteiger partial charge < -0.3 is 10.2 Å². The second-order valence-electron chi connectivity index (χ2n) is 5.66. The minimum Gasteiger partial charge on any atom is -0.506 e. The molecule has 6 heteroatoms. The molecule has 124 valence electrons. The maximum Gasteiger partial charge on any atom is 0.142 e. The molecule has 0 radical (unpaired) electrons. The summed E-state index contributed by atoms with van der Waals surface area (Å²) in [7, 11) is 0. The van der Waals surface area contributed by atoms with Crippen molar-refractivity contribution in [3.05, 3.63) is 49.7 Å². The Bertz CT molecular complexity index is 640. The van der Waals surface area contributed by atoms with Crippen LogP contribution in [-0.4, -0.2) is 10.2 Å². The zero-order chi connectivity index (χ0) is 17.4. The molecule has 2 nitrogen and oxygen atoms in total. The lowest BCUT2D eigenvalue weighted by atomic mass is 9.73. The molecule has 0 saturated carbocycles. The van der Waals surface area contributed by atoms with Crippen LogP contribution in [0.4, 0.5) is 0 Å². The molecule has 2 aromatic rings. The van der Waals surface area contributed by atoms with Gasteiger partial charge in [-0.3, -0.25) is 0 Å². The summed E-state index contributed by atoms with van der Waals surface area (Å²) in [6.45, 7) is 4.43. The Labute approximate surface area is 191 Å². The van der Waals surface area contributed by atoms with Gasteiger partial charge in [-0.05, 0) is 132 Å². The summed E-state index contributed by atoms with van der Waals surface area (Å²) in [6.07, 6.45) is 2.05. The minimum atomic E-state index is -0.157. The number of hydrogen-bond acceptors (Lipinski definition) is 2. The van der Waals surface area contributed by atoms with Gasteiger partial charge in [-0.15, -0.1) is 0 Å². The molecule has 2 rings (SSSR count). The number of phenols is 2. The SMILES string of the molecule is CCCC(C)(c1cc(I)c(O)c(I)c1)c1cc(I)c(O)c(I)c1. The Kier molecular flexibility index (Phi) is 7.14. The van der Waals surface area contributed by atoms with Gasteiger partial charge in [0.15, 0.2) is 0 Å². The predicted molar refractivity (Wildman–Crippen MR) is 128 cm³/mol. The first-order chi connectivity index (χ1) is 10.7. The largest absolute Gasteiger partial charge is 0.506 e. The van der Waals surface area contributed by atoms with Crippen LogP contribution in [0.3, 0.4) is 0 Å². The third-order valence-corrected chi connectivity index (χ3v) is 7.35. The molecule has 0 atom stereocenters. The van der Waals surface area contributed by atoms with E-state index in [0.717, 1.165) is 27.1 Å². The van der Waals surface area contributed by atoms with Gasteiger partial charge in [0, 0.05) is 5.41 Å². The van der Waals surface area contributed by atoms with Crippen LogP contribution >= 0.6 is 90.4 Å². The van der Waals surface area contributed by atoms with E-state index in [1.54, 1.807) is 0 Å². The van der Waals surface area contributed by atoms with E-state index in [1.807, 2.05) is 0 Å². The molecule has 0 spiro atoms. The Morgan fingerprint density at radius 3 is 1.35 bits per heavy atom. The highest BCUT2D eigenvalue weighted by Gasteiger charge is 2.30. The van der Waals surface area contributed by atoms with Crippen molar-refractivity contribution in [2.45, 2.75) is 32.1 Å². The normalized spacial score (nSPS) is 11.7. The van der Waals surface area contributed by atoms with Crippen molar-refractivity contribution >= 4 is 90.4 Å². The minimum absolute atomic E-state index is 0.157. The van der Waals surface area contributed by atoms with Crippen molar-refractivity contribution in [2.24, 2.45) is 0 Å². The Hall–Kier alpha value is 0.960. The van der Waals surface area contributed by atoms with E-state index in [9.17, 15) is 10.2 Å². The monoisotopic (exact) mass is 760 g/mol. The molecular formula is C17H16I4O2. The quantitative estimate of drug-likeness (QED) is 0.345. The Morgan fingerprint density at radius 2 is 1.09 bits per heavy atom. The highest BCUT2D eigenvalue weighted by molar-refractivity contribution is 14.1. The molecule has 0 amide bonds. The van der Waals surface area contributed by atoms with Crippen molar-refractivity contribution in [3.63, 3.8) is 0 Å². The number of rotatable bonds is 4. The summed E-state index contributed by atoms with van der Waals surface area (Å²) in [5.41, 5.74) is 2.24. The van der Waals surface area contributed by atoms with E-state index >= 15 is 0 Å². The van der Waals surface area contributed by atoms with Crippen LogP contribution in [0.5, 0.6) is 11.5 Å². The summed E-state index contributed by atoms with van der Waals surface area (Å²) in [5.74, 6) is 0.701. The van der Waals surface area contributed by atoms with E-state index < -0.39 is 0 Å². The Balaban J connectivity index is 2.69. The first-order valence-corrected chi connectivity index (χ1v) is 11.4. The summed E-state index contributed by atoms with van der Waals surface area (Å²) in [4.78, 5) is 0. The van der Waals surface area contributed by atoms with Crippen LogP contribution in [0.25, 0.3) is 0 Å². The number of halogens is 4. The van der Waals surface area contributed by atoms with E-state index in [1.165, 1.54) is 11.1 Å². The van der Waals surface area contributed by atoms with Crippen molar-refractivity contribution in [1.82, 2.24) is 0 Å². The maximum absolute atomic E-state index is 10.1. The van der Waals surface area contributed by atoms with Gasteiger partial charge in [-0.25, -0.2) is 0 Å². The molecule has 0 unspecified atom stereocenters. The van der Waals surface area contributed by atoms with E-state index in [-0.39, 0.29) is 5.41 Å². The van der Waals surface area contributed by atoms with Gasteiger partial charge in [-0.2, -0.15) is 0 Å². The first-order valence-electron chi connectivity index (χ1n) is 7.07. The average molecular weight is 760 g/mol. The number of aromatic hydroxyl groups is 2. The van der Waals surface area contributed by atoms with Crippen LogP contribution in [0.15, 0.2) is 24.3 Å². The fourth-order valence-electron chi connectivity index (χ4n) is 2.72. The molecule has 0 aromatic heterocycles. The second kappa shape index (κ2) is 8.11. The molecule has 0 heterocycles. The molecule has 0 bridgehead atoms. The summed E-state index contributed by atoms with van der Waals surface area (Å²) >= 11 is 8.74.